The maximum atomic E-state index is 5.74. The lowest BCUT2D eigenvalue weighted by Crippen LogP contribution is -2.16. The monoisotopic (exact) mass is 223 g/mol. The first kappa shape index (κ1) is 15.3. The van der Waals surface area contributed by atoms with E-state index in [4.69, 9.17) is 5.73 Å². The predicted molar refractivity (Wildman–Crippen MR) is 74.2 cm³/mol. The van der Waals surface area contributed by atoms with Crippen LogP contribution < -0.4 is 5.73 Å². The number of nitrogens with two attached hydrogens (primary N) is 1. The molecule has 2 unspecified atom stereocenters. The van der Waals surface area contributed by atoms with Gasteiger partial charge in [-0.3, -0.25) is 0 Å². The fourth-order valence-corrected chi connectivity index (χ4v) is 2.01. The molecule has 0 heterocycles. The van der Waals surface area contributed by atoms with Gasteiger partial charge in [0.25, 0.3) is 0 Å². The van der Waals surface area contributed by atoms with E-state index < -0.39 is 0 Å². The summed E-state index contributed by atoms with van der Waals surface area (Å²) < 4.78 is 0. The Labute approximate surface area is 102 Å². The van der Waals surface area contributed by atoms with E-state index in [9.17, 15) is 0 Å². The van der Waals surface area contributed by atoms with E-state index in [1.54, 1.807) is 0 Å². The minimum absolute atomic E-state index is 0.369. The molecule has 0 saturated carbocycles. The highest BCUT2D eigenvalue weighted by Gasteiger charge is 2.14. The summed E-state index contributed by atoms with van der Waals surface area (Å²) in [6.45, 7) is 12.1. The van der Waals surface area contributed by atoms with Crippen molar-refractivity contribution in [3.05, 3.63) is 24.9 Å². The fraction of sp³-hybridized carbons (Fsp3) is 0.733. The molecule has 0 fully saturated rings. The summed E-state index contributed by atoms with van der Waals surface area (Å²) in [5.41, 5.74) is 6.53. The molecule has 2 atom stereocenters. The van der Waals surface area contributed by atoms with E-state index in [0.717, 1.165) is 5.70 Å². The molecule has 0 saturated heterocycles. The molecule has 0 aliphatic carbocycles. The van der Waals surface area contributed by atoms with Crippen LogP contribution in [0.5, 0.6) is 0 Å². The van der Waals surface area contributed by atoms with Crippen LogP contribution in [0.3, 0.4) is 0 Å². The number of rotatable bonds is 10. The smallest absolute Gasteiger partial charge is 0.00421 e. The summed E-state index contributed by atoms with van der Waals surface area (Å²) >= 11 is 0. The van der Waals surface area contributed by atoms with Gasteiger partial charge in [0.1, 0.15) is 0 Å². The van der Waals surface area contributed by atoms with Crippen LogP contribution in [0.15, 0.2) is 24.9 Å². The van der Waals surface area contributed by atoms with Crippen LogP contribution >= 0.6 is 0 Å². The molecule has 1 heteroatoms. The molecule has 0 spiro atoms. The molecule has 94 valence electrons. The van der Waals surface area contributed by atoms with Crippen molar-refractivity contribution >= 4 is 0 Å². The van der Waals surface area contributed by atoms with Gasteiger partial charge in [0.15, 0.2) is 0 Å². The van der Waals surface area contributed by atoms with Gasteiger partial charge in [-0.15, -0.1) is 6.58 Å². The average Bonchev–Trinajstić information content (AvgIpc) is 2.27. The van der Waals surface area contributed by atoms with Gasteiger partial charge in [-0.25, -0.2) is 0 Å². The molecule has 16 heavy (non-hydrogen) atoms. The van der Waals surface area contributed by atoms with E-state index in [-0.39, 0.29) is 0 Å². The topological polar surface area (TPSA) is 26.0 Å². The zero-order valence-electron chi connectivity index (χ0n) is 11.2. The van der Waals surface area contributed by atoms with Crippen molar-refractivity contribution in [2.75, 3.05) is 0 Å². The Hall–Kier alpha value is -0.720. The second-order valence-corrected chi connectivity index (χ2v) is 4.82. The van der Waals surface area contributed by atoms with Gasteiger partial charge in [-0.05, 0) is 12.3 Å². The molecule has 0 aromatic heterocycles. The summed E-state index contributed by atoms with van der Waals surface area (Å²) in [6, 6.07) is 0. The van der Waals surface area contributed by atoms with Crippen molar-refractivity contribution in [1.29, 1.82) is 0 Å². The van der Waals surface area contributed by atoms with Gasteiger partial charge >= 0.3 is 0 Å². The third-order valence-corrected chi connectivity index (χ3v) is 3.42. The van der Waals surface area contributed by atoms with Crippen molar-refractivity contribution in [3.63, 3.8) is 0 Å². The second kappa shape index (κ2) is 9.50. The standard InChI is InChI=1S/C15H29N/c1-5-7-8-9-10-11-12-15(6-2)13(3)14(4)16/h6,13,15H,2,4-5,7-12,16H2,1,3H3. The van der Waals surface area contributed by atoms with Crippen LogP contribution in [-0.2, 0) is 0 Å². The van der Waals surface area contributed by atoms with E-state index in [1.807, 2.05) is 6.08 Å². The Bertz CT molecular complexity index is 196. The predicted octanol–water partition coefficient (Wildman–Crippen LogP) is 4.65. The second-order valence-electron chi connectivity index (χ2n) is 4.82. The van der Waals surface area contributed by atoms with E-state index in [1.165, 1.54) is 44.9 Å². The summed E-state index contributed by atoms with van der Waals surface area (Å²) in [5, 5.41) is 0. The Balaban J connectivity index is 3.63. The molecular weight excluding hydrogens is 194 g/mol. The SMILES string of the molecule is C=CC(CCCCCCCC)C(C)C(=C)N. The molecule has 0 aromatic carbocycles. The fourth-order valence-electron chi connectivity index (χ4n) is 2.01. The van der Waals surface area contributed by atoms with Crippen molar-refractivity contribution in [1.82, 2.24) is 0 Å². The Morgan fingerprint density at radius 3 is 2.25 bits per heavy atom. The third kappa shape index (κ3) is 6.71. The van der Waals surface area contributed by atoms with Crippen LogP contribution in [0, 0.1) is 11.8 Å². The van der Waals surface area contributed by atoms with Crippen molar-refractivity contribution in [2.24, 2.45) is 17.6 Å². The number of allylic oxidation sites excluding steroid dienone is 2. The van der Waals surface area contributed by atoms with E-state index in [2.05, 4.69) is 27.0 Å². The molecular formula is C15H29N. The summed E-state index contributed by atoms with van der Waals surface area (Å²) in [4.78, 5) is 0. The highest BCUT2D eigenvalue weighted by molar-refractivity contribution is 4.99. The first-order valence-corrected chi connectivity index (χ1v) is 6.70. The molecule has 0 bridgehead atoms. The lowest BCUT2D eigenvalue weighted by Gasteiger charge is -2.20. The van der Waals surface area contributed by atoms with Crippen LogP contribution in [0.25, 0.3) is 0 Å². The van der Waals surface area contributed by atoms with Gasteiger partial charge in [0.05, 0.1) is 0 Å². The van der Waals surface area contributed by atoms with Crippen molar-refractivity contribution in [2.45, 2.75) is 58.8 Å². The van der Waals surface area contributed by atoms with E-state index >= 15 is 0 Å². The quantitative estimate of drug-likeness (QED) is 0.423. The van der Waals surface area contributed by atoms with Crippen molar-refractivity contribution < 1.29 is 0 Å². The third-order valence-electron chi connectivity index (χ3n) is 3.42. The zero-order valence-corrected chi connectivity index (χ0v) is 11.2. The lowest BCUT2D eigenvalue weighted by atomic mass is 9.87. The molecule has 1 nitrogen and oxygen atoms in total. The minimum Gasteiger partial charge on any atom is -0.402 e. The maximum Gasteiger partial charge on any atom is 0.00421 e. The molecule has 0 rings (SSSR count). The van der Waals surface area contributed by atoms with Crippen LogP contribution in [-0.4, -0.2) is 0 Å². The number of hydrogen-bond donors (Lipinski definition) is 1. The molecule has 0 aliphatic rings. The molecule has 0 amide bonds. The zero-order chi connectivity index (χ0) is 12.4. The Kier molecular flexibility index (Phi) is 9.07. The summed E-state index contributed by atoms with van der Waals surface area (Å²) in [5.74, 6) is 0.872. The lowest BCUT2D eigenvalue weighted by molar-refractivity contribution is 0.429. The van der Waals surface area contributed by atoms with Crippen LogP contribution in [0.1, 0.15) is 58.8 Å². The highest BCUT2D eigenvalue weighted by Crippen LogP contribution is 2.23. The number of unbranched alkanes of at least 4 members (excludes halogenated alkanes) is 5. The van der Waals surface area contributed by atoms with Gasteiger partial charge in [-0.1, -0.05) is 65.0 Å². The maximum absolute atomic E-state index is 5.74. The minimum atomic E-state index is 0.369. The first-order chi connectivity index (χ1) is 7.63. The molecule has 0 aromatic rings. The van der Waals surface area contributed by atoms with Crippen molar-refractivity contribution in [3.8, 4) is 0 Å². The Morgan fingerprint density at radius 1 is 1.19 bits per heavy atom. The number of hydrogen-bond acceptors (Lipinski definition) is 1. The van der Waals surface area contributed by atoms with Crippen LogP contribution in [0.4, 0.5) is 0 Å². The van der Waals surface area contributed by atoms with E-state index in [0.29, 0.717) is 11.8 Å². The molecule has 0 aliphatic heterocycles. The largest absolute Gasteiger partial charge is 0.402 e. The highest BCUT2D eigenvalue weighted by atomic mass is 14.6. The normalized spacial score (nSPS) is 14.4. The Morgan fingerprint density at radius 2 is 1.75 bits per heavy atom. The van der Waals surface area contributed by atoms with Gasteiger partial charge in [0, 0.05) is 11.6 Å². The van der Waals surface area contributed by atoms with Gasteiger partial charge < -0.3 is 5.73 Å². The molecule has 0 radical (unpaired) electrons. The van der Waals surface area contributed by atoms with Crippen LogP contribution in [0.2, 0.25) is 0 Å². The average molecular weight is 223 g/mol. The summed E-state index contributed by atoms with van der Waals surface area (Å²) in [6.07, 6.45) is 11.3. The van der Waals surface area contributed by atoms with Gasteiger partial charge in [0.2, 0.25) is 0 Å². The van der Waals surface area contributed by atoms with Gasteiger partial charge in [-0.2, -0.15) is 0 Å². The first-order valence-electron chi connectivity index (χ1n) is 6.70. The molecule has 2 N–H and O–H groups in total. The summed E-state index contributed by atoms with van der Waals surface area (Å²) in [7, 11) is 0.